The molecule has 10 heteroatoms. The van der Waals surface area contributed by atoms with Crippen molar-refractivity contribution in [3.8, 4) is 0 Å². The molecule has 2 aromatic heterocycles. The van der Waals surface area contributed by atoms with Gasteiger partial charge >= 0.3 is 0 Å². The lowest BCUT2D eigenvalue weighted by atomic mass is 10.1. The number of benzene rings is 2. The van der Waals surface area contributed by atoms with Gasteiger partial charge in [0, 0.05) is 66.5 Å². The Labute approximate surface area is 208 Å². The molecule has 2 saturated heterocycles. The molecule has 4 heterocycles. The molecule has 2 N–H and O–H groups in total. The van der Waals surface area contributed by atoms with E-state index in [0.29, 0.717) is 18.6 Å². The number of aromatic nitrogens is 2. The summed E-state index contributed by atoms with van der Waals surface area (Å²) in [6, 6.07) is 14.7. The SMILES string of the molecule is Nc1cccc2c(N3CCOCC3)nccc12.O=[N+]([O-])c1cccc2c(N3CCOCC3)nccc12. The van der Waals surface area contributed by atoms with E-state index in [0.717, 1.165) is 72.9 Å². The van der Waals surface area contributed by atoms with Crippen LogP contribution >= 0.6 is 0 Å². The Morgan fingerprint density at radius 2 is 1.22 bits per heavy atom. The molecule has 0 radical (unpaired) electrons. The van der Waals surface area contributed by atoms with Crippen molar-refractivity contribution in [1.82, 2.24) is 9.97 Å². The maximum atomic E-state index is 11.1. The molecule has 6 rings (SSSR count). The molecule has 10 nitrogen and oxygen atoms in total. The largest absolute Gasteiger partial charge is 0.398 e. The van der Waals surface area contributed by atoms with E-state index in [2.05, 4.69) is 25.8 Å². The molecule has 0 unspecified atom stereocenters. The van der Waals surface area contributed by atoms with Gasteiger partial charge in [0.05, 0.1) is 36.7 Å². The van der Waals surface area contributed by atoms with Gasteiger partial charge in [-0.3, -0.25) is 10.1 Å². The molecule has 4 aromatic rings. The number of nitro groups is 1. The smallest absolute Gasteiger partial charge is 0.277 e. The van der Waals surface area contributed by atoms with Crippen LogP contribution in [0.15, 0.2) is 60.9 Å². The van der Waals surface area contributed by atoms with Crippen LogP contribution in [0.5, 0.6) is 0 Å². The van der Waals surface area contributed by atoms with Crippen LogP contribution in [0, 0.1) is 10.1 Å². The number of pyridine rings is 2. The average Bonchev–Trinajstić information content (AvgIpc) is 2.93. The van der Waals surface area contributed by atoms with Crippen molar-refractivity contribution in [2.75, 3.05) is 68.1 Å². The number of nitrogen functional groups attached to an aromatic ring is 1. The van der Waals surface area contributed by atoms with Gasteiger partial charge in [-0.1, -0.05) is 24.3 Å². The average molecular weight is 489 g/mol. The van der Waals surface area contributed by atoms with E-state index in [1.807, 2.05) is 30.5 Å². The zero-order chi connectivity index (χ0) is 24.9. The minimum Gasteiger partial charge on any atom is -0.398 e. The second-order valence-electron chi connectivity index (χ2n) is 8.54. The number of hydrogen-bond donors (Lipinski definition) is 1. The van der Waals surface area contributed by atoms with E-state index in [1.54, 1.807) is 18.3 Å². The fourth-order valence-electron chi connectivity index (χ4n) is 4.60. The van der Waals surface area contributed by atoms with Crippen molar-refractivity contribution < 1.29 is 14.4 Å². The van der Waals surface area contributed by atoms with Gasteiger partial charge in [-0.25, -0.2) is 9.97 Å². The standard InChI is InChI=1S/C13H13N3O3.C13H15N3O/c17-16(18)12-3-1-2-11-10(12)4-5-14-13(11)15-6-8-19-9-7-15;14-12-3-1-2-11-10(12)4-5-15-13(11)16-6-8-17-9-7-16/h1-5H,6-9H2;1-5H,6-9,14H2. The Kier molecular flexibility index (Phi) is 7.06. The first kappa shape index (κ1) is 23.7. The summed E-state index contributed by atoms with van der Waals surface area (Å²) in [6.07, 6.45) is 3.45. The van der Waals surface area contributed by atoms with E-state index in [4.69, 9.17) is 15.2 Å². The predicted molar refractivity (Wildman–Crippen MR) is 141 cm³/mol. The quantitative estimate of drug-likeness (QED) is 0.262. The maximum absolute atomic E-state index is 11.1. The third-order valence-electron chi connectivity index (χ3n) is 6.40. The summed E-state index contributed by atoms with van der Waals surface area (Å²) < 4.78 is 10.7. The number of rotatable bonds is 3. The van der Waals surface area contributed by atoms with Crippen LogP contribution in [0.4, 0.5) is 23.0 Å². The number of morpholine rings is 2. The summed E-state index contributed by atoms with van der Waals surface area (Å²) in [5, 5.41) is 14.7. The number of anilines is 3. The fraction of sp³-hybridized carbons (Fsp3) is 0.308. The van der Waals surface area contributed by atoms with Crippen LogP contribution < -0.4 is 15.5 Å². The van der Waals surface area contributed by atoms with Gasteiger partial charge < -0.3 is 25.0 Å². The van der Waals surface area contributed by atoms with Gasteiger partial charge in [-0.2, -0.15) is 0 Å². The third-order valence-corrected chi connectivity index (χ3v) is 6.40. The number of fused-ring (bicyclic) bond motifs is 2. The highest BCUT2D eigenvalue weighted by Crippen LogP contribution is 2.31. The first-order chi connectivity index (χ1) is 17.6. The van der Waals surface area contributed by atoms with Gasteiger partial charge in [-0.05, 0) is 18.2 Å². The second-order valence-corrected chi connectivity index (χ2v) is 8.54. The molecule has 2 aliphatic heterocycles. The maximum Gasteiger partial charge on any atom is 0.277 e. The van der Waals surface area contributed by atoms with E-state index in [9.17, 15) is 10.1 Å². The third kappa shape index (κ3) is 4.86. The Morgan fingerprint density at radius 3 is 1.78 bits per heavy atom. The van der Waals surface area contributed by atoms with Gasteiger partial charge in [0.2, 0.25) is 0 Å². The number of nitro benzene ring substituents is 1. The lowest BCUT2D eigenvalue weighted by molar-refractivity contribution is -0.383. The first-order valence-electron chi connectivity index (χ1n) is 11.9. The topological polar surface area (TPSA) is 120 Å². The van der Waals surface area contributed by atoms with E-state index < -0.39 is 0 Å². The van der Waals surface area contributed by atoms with Crippen LogP contribution in [0.25, 0.3) is 21.5 Å². The summed E-state index contributed by atoms with van der Waals surface area (Å²) in [5.74, 6) is 1.81. The van der Waals surface area contributed by atoms with E-state index in [-0.39, 0.29) is 10.6 Å². The molecular weight excluding hydrogens is 460 g/mol. The number of nitrogens with two attached hydrogens (primary N) is 1. The zero-order valence-electron chi connectivity index (χ0n) is 19.9. The highest BCUT2D eigenvalue weighted by molar-refractivity contribution is 5.99. The van der Waals surface area contributed by atoms with Gasteiger partial charge in [0.25, 0.3) is 5.69 Å². The Hall–Kier alpha value is -4.02. The normalized spacial score (nSPS) is 16.0. The summed E-state index contributed by atoms with van der Waals surface area (Å²) in [7, 11) is 0. The molecule has 2 aromatic carbocycles. The minimum absolute atomic E-state index is 0.120. The van der Waals surface area contributed by atoms with Gasteiger partial charge in [-0.15, -0.1) is 0 Å². The van der Waals surface area contributed by atoms with Crippen molar-refractivity contribution >= 4 is 44.6 Å². The summed E-state index contributed by atoms with van der Waals surface area (Å²) in [5.41, 5.74) is 6.91. The number of nitrogens with zero attached hydrogens (tertiary/aromatic N) is 5. The summed E-state index contributed by atoms with van der Waals surface area (Å²) >= 11 is 0. The van der Waals surface area contributed by atoms with Crippen LogP contribution in [0.3, 0.4) is 0 Å². The number of non-ortho nitro benzene ring substituents is 1. The molecule has 0 spiro atoms. The van der Waals surface area contributed by atoms with Crippen LogP contribution in [0.2, 0.25) is 0 Å². The van der Waals surface area contributed by atoms with Crippen molar-refractivity contribution in [3.63, 3.8) is 0 Å². The predicted octanol–water partition coefficient (Wildman–Crippen LogP) is 3.63. The Balaban J connectivity index is 0.000000149. The molecule has 0 aliphatic carbocycles. The molecule has 186 valence electrons. The molecule has 0 atom stereocenters. The highest BCUT2D eigenvalue weighted by atomic mass is 16.6. The fourth-order valence-corrected chi connectivity index (χ4v) is 4.60. The van der Waals surface area contributed by atoms with Gasteiger partial charge in [0.15, 0.2) is 0 Å². The molecule has 0 amide bonds. The molecular formula is C26H28N6O4. The molecule has 0 bridgehead atoms. The van der Waals surface area contributed by atoms with E-state index >= 15 is 0 Å². The van der Waals surface area contributed by atoms with Crippen molar-refractivity contribution in [2.45, 2.75) is 0 Å². The highest BCUT2D eigenvalue weighted by Gasteiger charge is 2.19. The van der Waals surface area contributed by atoms with Crippen LogP contribution in [0.1, 0.15) is 0 Å². The Bertz CT molecular complexity index is 1370. The molecule has 2 fully saturated rings. The van der Waals surface area contributed by atoms with Crippen molar-refractivity contribution in [2.24, 2.45) is 0 Å². The monoisotopic (exact) mass is 488 g/mol. The second kappa shape index (κ2) is 10.7. The minimum atomic E-state index is -0.356. The molecule has 36 heavy (non-hydrogen) atoms. The summed E-state index contributed by atoms with van der Waals surface area (Å²) in [4.78, 5) is 23.9. The molecule has 0 saturated carbocycles. The lowest BCUT2D eigenvalue weighted by Crippen LogP contribution is -2.36. The van der Waals surface area contributed by atoms with Crippen molar-refractivity contribution in [1.29, 1.82) is 0 Å². The van der Waals surface area contributed by atoms with Crippen LogP contribution in [-0.2, 0) is 9.47 Å². The lowest BCUT2D eigenvalue weighted by Gasteiger charge is -2.28. The summed E-state index contributed by atoms with van der Waals surface area (Å²) in [6.45, 7) is 6.15. The Morgan fingerprint density at radius 1 is 0.722 bits per heavy atom. The number of ether oxygens (including phenoxy) is 2. The van der Waals surface area contributed by atoms with Crippen molar-refractivity contribution in [3.05, 3.63) is 71.0 Å². The van der Waals surface area contributed by atoms with Crippen LogP contribution in [-0.4, -0.2) is 67.5 Å². The number of hydrogen-bond acceptors (Lipinski definition) is 9. The molecule has 2 aliphatic rings. The zero-order valence-corrected chi connectivity index (χ0v) is 19.9. The van der Waals surface area contributed by atoms with E-state index in [1.165, 1.54) is 6.07 Å². The first-order valence-corrected chi connectivity index (χ1v) is 11.9. The van der Waals surface area contributed by atoms with Gasteiger partial charge in [0.1, 0.15) is 11.6 Å².